The third-order valence-electron chi connectivity index (χ3n) is 3.81. The molecule has 0 saturated carbocycles. The second kappa shape index (κ2) is 7.85. The maximum atomic E-state index is 5.28. The highest BCUT2D eigenvalue weighted by atomic mass is 32.1. The molecule has 0 aliphatic heterocycles. The molecule has 0 saturated heterocycles. The Kier molecular flexibility index (Phi) is 5.35. The summed E-state index contributed by atoms with van der Waals surface area (Å²) in [5.41, 5.74) is 3.59. The van der Waals surface area contributed by atoms with E-state index >= 15 is 0 Å². The Morgan fingerprint density at radius 3 is 2.00 bits per heavy atom. The maximum absolute atomic E-state index is 5.28. The van der Waals surface area contributed by atoms with Crippen LogP contribution in [0.15, 0.2) is 63.2 Å². The van der Waals surface area contributed by atoms with E-state index in [2.05, 4.69) is 51.3 Å². The molecule has 0 spiro atoms. The fourth-order valence-electron chi connectivity index (χ4n) is 2.46. The van der Waals surface area contributed by atoms with Gasteiger partial charge in [0.05, 0.1) is 11.4 Å². The van der Waals surface area contributed by atoms with Gasteiger partial charge >= 0.3 is 0 Å². The van der Waals surface area contributed by atoms with Crippen LogP contribution >= 0.6 is 12.2 Å². The van der Waals surface area contributed by atoms with E-state index in [-0.39, 0.29) is 4.84 Å². The van der Waals surface area contributed by atoms with E-state index in [1.807, 2.05) is 36.4 Å². The predicted octanol–water partition coefficient (Wildman–Crippen LogP) is 5.66. The molecule has 1 aromatic heterocycles. The molecule has 7 heteroatoms. The third-order valence-corrected chi connectivity index (χ3v) is 3.99. The molecule has 128 valence electrons. The van der Waals surface area contributed by atoms with Gasteiger partial charge in [0.15, 0.2) is 0 Å². The molecule has 25 heavy (non-hydrogen) atoms. The highest BCUT2D eigenvalue weighted by molar-refractivity contribution is 7.71. The van der Waals surface area contributed by atoms with Crippen LogP contribution in [0.4, 0.5) is 17.1 Å². The predicted molar refractivity (Wildman–Crippen MR) is 101 cm³/mol. The van der Waals surface area contributed by atoms with E-state index in [9.17, 15) is 0 Å². The molecule has 0 atom stereocenters. The molecule has 3 rings (SSSR count). The Bertz CT molecular complexity index is 892. The molecule has 0 amide bonds. The van der Waals surface area contributed by atoms with Crippen LogP contribution in [-0.2, 0) is 0 Å². The Hall–Kier alpha value is -2.80. The fourth-order valence-corrected chi connectivity index (χ4v) is 2.58. The minimum Gasteiger partial charge on any atom is -0.409 e. The minimum absolute atomic E-state index is 0.256. The number of anilines is 1. The van der Waals surface area contributed by atoms with E-state index in [1.54, 1.807) is 0 Å². The van der Waals surface area contributed by atoms with Gasteiger partial charge in [0.25, 0.3) is 4.84 Å². The first kappa shape index (κ1) is 17.0. The van der Waals surface area contributed by atoms with Crippen molar-refractivity contribution >= 4 is 29.3 Å². The van der Waals surface area contributed by atoms with Gasteiger partial charge in [-0.25, -0.2) is 5.10 Å². The fraction of sp³-hybridized carbons (Fsp3) is 0.222. The van der Waals surface area contributed by atoms with Gasteiger partial charge < -0.3 is 9.32 Å². The molecule has 0 bridgehead atoms. The number of aromatic nitrogens is 2. The van der Waals surface area contributed by atoms with Crippen molar-refractivity contribution in [3.05, 3.63) is 53.4 Å². The van der Waals surface area contributed by atoms with E-state index in [4.69, 9.17) is 16.6 Å². The van der Waals surface area contributed by atoms with Crippen LogP contribution < -0.4 is 4.90 Å². The van der Waals surface area contributed by atoms with Crippen molar-refractivity contribution in [1.29, 1.82) is 0 Å². The number of hydrogen-bond acceptors (Lipinski definition) is 6. The summed E-state index contributed by atoms with van der Waals surface area (Å²) in [6.07, 6.45) is 0. The molecule has 6 nitrogen and oxygen atoms in total. The molecule has 0 aliphatic carbocycles. The zero-order valence-electron chi connectivity index (χ0n) is 14.1. The standard InChI is InChI=1S/C18H19N5OS/c1-3-23(4-2)16-11-9-15(10-12-16)20-19-14-7-5-13(6-8-14)17-21-22-18(25)24-17/h5-12H,3-4H2,1-2H3,(H,22,25). The van der Waals surface area contributed by atoms with Crippen molar-refractivity contribution in [2.45, 2.75) is 13.8 Å². The van der Waals surface area contributed by atoms with Gasteiger partial charge in [-0.15, -0.1) is 5.10 Å². The minimum atomic E-state index is 0.256. The van der Waals surface area contributed by atoms with E-state index < -0.39 is 0 Å². The summed E-state index contributed by atoms with van der Waals surface area (Å²) in [6.45, 7) is 6.26. The average Bonchev–Trinajstić information content (AvgIpc) is 3.09. The lowest BCUT2D eigenvalue weighted by Gasteiger charge is -2.20. The Balaban J connectivity index is 1.70. The molecule has 0 fully saturated rings. The summed E-state index contributed by atoms with van der Waals surface area (Å²) in [5.74, 6) is 0.459. The van der Waals surface area contributed by atoms with Gasteiger partial charge in [-0.2, -0.15) is 10.2 Å². The number of hydrogen-bond donors (Lipinski definition) is 1. The molecule has 2 aromatic carbocycles. The van der Waals surface area contributed by atoms with Gasteiger partial charge in [-0.05, 0) is 74.6 Å². The summed E-state index contributed by atoms with van der Waals surface area (Å²) in [4.78, 5) is 2.54. The topological polar surface area (TPSA) is 69.8 Å². The second-order valence-corrected chi connectivity index (χ2v) is 5.72. The van der Waals surface area contributed by atoms with Crippen LogP contribution in [0.5, 0.6) is 0 Å². The molecule has 0 unspecified atom stereocenters. The van der Waals surface area contributed by atoms with Crippen LogP contribution in [0.1, 0.15) is 13.8 Å². The monoisotopic (exact) mass is 353 g/mol. The molecule has 1 heterocycles. The van der Waals surface area contributed by atoms with Gasteiger partial charge in [0.1, 0.15) is 0 Å². The summed E-state index contributed by atoms with van der Waals surface area (Å²) < 4.78 is 5.28. The molecular formula is C18H19N5OS. The Morgan fingerprint density at radius 2 is 1.52 bits per heavy atom. The highest BCUT2D eigenvalue weighted by Gasteiger charge is 2.04. The number of nitrogens with zero attached hydrogens (tertiary/aromatic N) is 4. The number of nitrogens with one attached hydrogen (secondary N) is 1. The molecular weight excluding hydrogens is 334 g/mol. The smallest absolute Gasteiger partial charge is 0.284 e. The van der Waals surface area contributed by atoms with Gasteiger partial charge in [-0.1, -0.05) is 0 Å². The summed E-state index contributed by atoms with van der Waals surface area (Å²) >= 11 is 4.87. The summed E-state index contributed by atoms with van der Waals surface area (Å²) in [5, 5.41) is 15.1. The summed E-state index contributed by atoms with van der Waals surface area (Å²) in [7, 11) is 0. The maximum Gasteiger partial charge on any atom is 0.284 e. The quantitative estimate of drug-likeness (QED) is 0.458. The van der Waals surface area contributed by atoms with Gasteiger partial charge in [-0.3, -0.25) is 0 Å². The first-order valence-electron chi connectivity index (χ1n) is 8.12. The van der Waals surface area contributed by atoms with Crippen LogP contribution in [-0.4, -0.2) is 23.3 Å². The second-order valence-electron chi connectivity index (χ2n) is 5.35. The summed E-state index contributed by atoms with van der Waals surface area (Å²) in [6, 6.07) is 15.5. The van der Waals surface area contributed by atoms with E-state index in [0.717, 1.165) is 30.0 Å². The van der Waals surface area contributed by atoms with Crippen LogP contribution in [0.2, 0.25) is 0 Å². The number of rotatable bonds is 6. The largest absolute Gasteiger partial charge is 0.409 e. The number of H-pyrrole nitrogens is 1. The zero-order valence-corrected chi connectivity index (χ0v) is 15.0. The molecule has 1 N–H and O–H groups in total. The first-order valence-corrected chi connectivity index (χ1v) is 8.53. The molecule has 0 aliphatic rings. The van der Waals surface area contributed by atoms with Crippen molar-refractivity contribution in [2.24, 2.45) is 10.2 Å². The number of benzene rings is 2. The van der Waals surface area contributed by atoms with Crippen molar-refractivity contribution in [2.75, 3.05) is 18.0 Å². The van der Waals surface area contributed by atoms with Crippen LogP contribution in [0.25, 0.3) is 11.5 Å². The average molecular weight is 353 g/mol. The van der Waals surface area contributed by atoms with Crippen molar-refractivity contribution in [1.82, 2.24) is 10.2 Å². The first-order chi connectivity index (χ1) is 12.2. The lowest BCUT2D eigenvalue weighted by molar-refractivity contribution is 0.552. The Morgan fingerprint density at radius 1 is 0.960 bits per heavy atom. The Labute approximate surface area is 151 Å². The number of aromatic amines is 1. The van der Waals surface area contributed by atoms with Crippen LogP contribution in [0.3, 0.4) is 0 Å². The van der Waals surface area contributed by atoms with Gasteiger partial charge in [0.2, 0.25) is 5.89 Å². The lowest BCUT2D eigenvalue weighted by Crippen LogP contribution is -2.21. The normalized spacial score (nSPS) is 11.1. The van der Waals surface area contributed by atoms with E-state index in [1.165, 1.54) is 5.69 Å². The van der Waals surface area contributed by atoms with Crippen molar-refractivity contribution < 1.29 is 4.42 Å². The highest BCUT2D eigenvalue weighted by Crippen LogP contribution is 2.24. The van der Waals surface area contributed by atoms with Crippen molar-refractivity contribution in [3.8, 4) is 11.5 Å². The van der Waals surface area contributed by atoms with E-state index in [0.29, 0.717) is 5.89 Å². The third kappa shape index (κ3) is 4.19. The number of azo groups is 1. The lowest BCUT2D eigenvalue weighted by atomic mass is 10.2. The molecule has 3 aromatic rings. The van der Waals surface area contributed by atoms with Crippen LogP contribution in [0, 0.1) is 4.84 Å². The van der Waals surface area contributed by atoms with Gasteiger partial charge in [0, 0.05) is 24.3 Å². The molecule has 0 radical (unpaired) electrons. The SMILES string of the molecule is CCN(CC)c1ccc(N=Nc2ccc(-c3n[nH]c(=S)o3)cc2)cc1. The zero-order chi connectivity index (χ0) is 17.6. The van der Waals surface area contributed by atoms with Crippen molar-refractivity contribution in [3.63, 3.8) is 0 Å².